The van der Waals surface area contributed by atoms with Crippen LogP contribution in [0.2, 0.25) is 0 Å². The molecule has 1 unspecified atom stereocenters. The van der Waals surface area contributed by atoms with Crippen LogP contribution < -0.4 is 5.56 Å². The molecule has 0 radical (unpaired) electrons. The van der Waals surface area contributed by atoms with Crippen molar-refractivity contribution in [3.8, 4) is 11.3 Å². The molecule has 1 aromatic carbocycles. The number of aromatic nitrogens is 4. The average Bonchev–Trinajstić information content (AvgIpc) is 3.44. The van der Waals surface area contributed by atoms with Gasteiger partial charge in [-0.3, -0.25) is 18.9 Å². The van der Waals surface area contributed by atoms with E-state index < -0.39 is 5.60 Å². The fourth-order valence-corrected chi connectivity index (χ4v) is 5.70. The third-order valence-electron chi connectivity index (χ3n) is 7.48. The van der Waals surface area contributed by atoms with Gasteiger partial charge < -0.3 is 5.11 Å². The quantitative estimate of drug-likeness (QED) is 0.670. The van der Waals surface area contributed by atoms with Gasteiger partial charge in [-0.25, -0.2) is 4.98 Å². The van der Waals surface area contributed by atoms with Crippen LogP contribution in [0.1, 0.15) is 37.7 Å². The van der Waals surface area contributed by atoms with E-state index in [9.17, 15) is 9.90 Å². The predicted molar refractivity (Wildman–Crippen MR) is 123 cm³/mol. The van der Waals surface area contributed by atoms with E-state index in [0.717, 1.165) is 50.9 Å². The van der Waals surface area contributed by atoms with Crippen molar-refractivity contribution in [3.63, 3.8) is 0 Å². The van der Waals surface area contributed by atoms with E-state index in [-0.39, 0.29) is 11.0 Å². The first-order valence-corrected chi connectivity index (χ1v) is 11.5. The van der Waals surface area contributed by atoms with Gasteiger partial charge >= 0.3 is 0 Å². The number of hydrogen-bond acceptors (Lipinski definition) is 5. The highest BCUT2D eigenvalue weighted by Crippen LogP contribution is 2.51. The lowest BCUT2D eigenvalue weighted by Crippen LogP contribution is -2.61. The van der Waals surface area contributed by atoms with Crippen molar-refractivity contribution in [2.24, 2.45) is 12.5 Å². The molecule has 1 saturated carbocycles. The number of likely N-dealkylation sites (tertiary alicyclic amines) is 1. The Bertz CT molecular complexity index is 1130. The molecular formula is C25H31N5O2. The zero-order chi connectivity index (χ0) is 22.2. The summed E-state index contributed by atoms with van der Waals surface area (Å²) in [6.07, 6.45) is 10.1. The number of aliphatic hydroxyl groups is 1. The van der Waals surface area contributed by atoms with E-state index in [1.807, 2.05) is 19.3 Å². The Morgan fingerprint density at radius 3 is 2.59 bits per heavy atom. The standard InChI is InChI=1S/C25H31N5O2/c1-28-16-21(14-27-28)22-13-23(31)30(19-26-22)18-25(32)11-12-29(15-20-7-3-2-4-8-20)17-24(25)9-5-6-10-24/h2-4,7-8,13-14,16,19,32H,5-6,9-12,15,17-18H2,1H3. The van der Waals surface area contributed by atoms with E-state index in [4.69, 9.17) is 0 Å². The van der Waals surface area contributed by atoms with Crippen LogP contribution in [0.4, 0.5) is 0 Å². The lowest BCUT2D eigenvalue weighted by atomic mass is 9.66. The van der Waals surface area contributed by atoms with Crippen LogP contribution >= 0.6 is 0 Å². The molecule has 3 heterocycles. The van der Waals surface area contributed by atoms with Gasteiger partial charge in [0, 0.05) is 49.9 Å². The molecule has 1 saturated heterocycles. The Hall–Kier alpha value is -2.77. The minimum absolute atomic E-state index is 0.132. The lowest BCUT2D eigenvalue weighted by Gasteiger charge is -2.52. The number of nitrogens with zero attached hydrogens (tertiary/aromatic N) is 5. The first-order chi connectivity index (χ1) is 15.5. The Morgan fingerprint density at radius 1 is 1.12 bits per heavy atom. The van der Waals surface area contributed by atoms with Crippen LogP contribution in [0.25, 0.3) is 11.3 Å². The minimum atomic E-state index is -0.905. The van der Waals surface area contributed by atoms with Crippen molar-refractivity contribution < 1.29 is 5.11 Å². The molecule has 1 aliphatic heterocycles. The van der Waals surface area contributed by atoms with Crippen LogP contribution in [0, 0.1) is 5.41 Å². The maximum Gasteiger partial charge on any atom is 0.253 e. The average molecular weight is 434 g/mol. The van der Waals surface area contributed by atoms with Crippen LogP contribution in [-0.4, -0.2) is 48.0 Å². The third-order valence-corrected chi connectivity index (χ3v) is 7.48. The van der Waals surface area contributed by atoms with E-state index in [1.165, 1.54) is 5.56 Å². The molecule has 3 aromatic rings. The molecule has 2 aromatic heterocycles. The fourth-order valence-electron chi connectivity index (χ4n) is 5.70. The zero-order valence-electron chi connectivity index (χ0n) is 18.7. The molecule has 168 valence electrons. The monoisotopic (exact) mass is 433 g/mol. The highest BCUT2D eigenvalue weighted by atomic mass is 16.3. The molecule has 7 heteroatoms. The molecule has 1 aliphatic carbocycles. The van der Waals surface area contributed by atoms with Crippen molar-refractivity contribution in [1.29, 1.82) is 0 Å². The van der Waals surface area contributed by atoms with Gasteiger partial charge in [-0.15, -0.1) is 0 Å². The van der Waals surface area contributed by atoms with Gasteiger partial charge in [-0.05, 0) is 24.8 Å². The molecular weight excluding hydrogens is 402 g/mol. The smallest absolute Gasteiger partial charge is 0.253 e. The summed E-state index contributed by atoms with van der Waals surface area (Å²) < 4.78 is 3.28. The van der Waals surface area contributed by atoms with E-state index in [0.29, 0.717) is 18.7 Å². The summed E-state index contributed by atoms with van der Waals surface area (Å²) in [4.78, 5) is 19.9. The lowest BCUT2D eigenvalue weighted by molar-refractivity contribution is -0.144. The second-order valence-electron chi connectivity index (χ2n) is 9.61. The van der Waals surface area contributed by atoms with Crippen LogP contribution in [0.5, 0.6) is 0 Å². The molecule has 1 N–H and O–H groups in total. The summed E-state index contributed by atoms with van der Waals surface area (Å²) in [6.45, 7) is 2.89. The zero-order valence-corrected chi connectivity index (χ0v) is 18.7. The van der Waals surface area contributed by atoms with Gasteiger partial charge in [0.05, 0.1) is 30.4 Å². The van der Waals surface area contributed by atoms with Crippen LogP contribution in [-0.2, 0) is 20.1 Å². The summed E-state index contributed by atoms with van der Waals surface area (Å²) in [6, 6.07) is 12.1. The Labute approximate surface area is 188 Å². The molecule has 1 spiro atoms. The maximum absolute atomic E-state index is 12.9. The first kappa shape index (κ1) is 21.1. The summed E-state index contributed by atoms with van der Waals surface area (Å²) in [5.41, 5.74) is 1.51. The summed E-state index contributed by atoms with van der Waals surface area (Å²) in [5, 5.41) is 16.1. The molecule has 0 amide bonds. The van der Waals surface area contributed by atoms with Crippen molar-refractivity contribution in [1.82, 2.24) is 24.2 Å². The third kappa shape index (κ3) is 3.91. The van der Waals surface area contributed by atoms with Crippen LogP contribution in [0.15, 0.2) is 59.9 Å². The van der Waals surface area contributed by atoms with E-state index in [2.05, 4.69) is 39.2 Å². The SMILES string of the molecule is Cn1cc(-c2cc(=O)n(CC3(O)CCN(Cc4ccccc4)CC34CCCC4)cn2)cn1. The molecule has 7 nitrogen and oxygen atoms in total. The Kier molecular flexibility index (Phi) is 5.47. The second kappa shape index (κ2) is 8.30. The van der Waals surface area contributed by atoms with Crippen LogP contribution in [0.3, 0.4) is 0 Å². The summed E-state index contributed by atoms with van der Waals surface area (Å²) in [5.74, 6) is 0. The molecule has 32 heavy (non-hydrogen) atoms. The first-order valence-electron chi connectivity index (χ1n) is 11.5. The Morgan fingerprint density at radius 2 is 1.91 bits per heavy atom. The fraction of sp³-hybridized carbons (Fsp3) is 0.480. The highest BCUT2D eigenvalue weighted by molar-refractivity contribution is 5.55. The number of benzene rings is 1. The number of piperidine rings is 1. The number of rotatable bonds is 5. The molecule has 5 rings (SSSR count). The van der Waals surface area contributed by atoms with Crippen molar-refractivity contribution in [3.05, 3.63) is 71.0 Å². The summed E-state index contributed by atoms with van der Waals surface area (Å²) in [7, 11) is 1.84. The molecule has 2 fully saturated rings. The highest BCUT2D eigenvalue weighted by Gasteiger charge is 2.54. The van der Waals surface area contributed by atoms with Gasteiger partial charge in [-0.1, -0.05) is 43.2 Å². The van der Waals surface area contributed by atoms with E-state index >= 15 is 0 Å². The molecule has 2 aliphatic rings. The van der Waals surface area contributed by atoms with Gasteiger partial charge in [-0.2, -0.15) is 5.10 Å². The van der Waals surface area contributed by atoms with Gasteiger partial charge in [0.25, 0.3) is 5.56 Å². The van der Waals surface area contributed by atoms with Gasteiger partial charge in [0.1, 0.15) is 0 Å². The minimum Gasteiger partial charge on any atom is -0.387 e. The van der Waals surface area contributed by atoms with Gasteiger partial charge in [0.2, 0.25) is 0 Å². The van der Waals surface area contributed by atoms with Crippen molar-refractivity contribution >= 4 is 0 Å². The Balaban J connectivity index is 1.37. The van der Waals surface area contributed by atoms with Crippen molar-refractivity contribution in [2.75, 3.05) is 13.1 Å². The van der Waals surface area contributed by atoms with Crippen molar-refractivity contribution in [2.45, 2.75) is 50.8 Å². The van der Waals surface area contributed by atoms with E-state index in [1.54, 1.807) is 27.8 Å². The number of aryl methyl sites for hydroxylation is 1. The largest absolute Gasteiger partial charge is 0.387 e. The normalized spacial score (nSPS) is 23.1. The van der Waals surface area contributed by atoms with Gasteiger partial charge in [0.15, 0.2) is 0 Å². The molecule has 0 bridgehead atoms. The number of hydrogen-bond donors (Lipinski definition) is 1. The topological polar surface area (TPSA) is 76.2 Å². The second-order valence-corrected chi connectivity index (χ2v) is 9.61. The maximum atomic E-state index is 12.9. The molecule has 1 atom stereocenters. The summed E-state index contributed by atoms with van der Waals surface area (Å²) >= 11 is 0. The predicted octanol–water partition coefficient (Wildman–Crippen LogP) is 2.84.